The first-order valence-corrected chi connectivity index (χ1v) is 15.9. The maximum Gasteiger partial charge on any atom is 0.166 e. The molecule has 0 N–H and O–H groups in total. The summed E-state index contributed by atoms with van der Waals surface area (Å²) < 4.78 is 2.31. The number of ketones is 1. The molecule has 5 nitrogen and oxygen atoms in total. The lowest BCUT2D eigenvalue weighted by atomic mass is 9.70. The van der Waals surface area contributed by atoms with E-state index in [0.29, 0.717) is 0 Å². The van der Waals surface area contributed by atoms with Gasteiger partial charge in [0, 0.05) is 68.4 Å². The molecular formula is C38H48N4O. The average molecular weight is 577 g/mol. The van der Waals surface area contributed by atoms with Crippen LogP contribution >= 0.6 is 0 Å². The van der Waals surface area contributed by atoms with Gasteiger partial charge in [-0.15, -0.1) is 0 Å². The van der Waals surface area contributed by atoms with Crippen LogP contribution in [0.15, 0.2) is 97.2 Å². The fraction of sp³-hybridized carbons (Fsp3) is 0.421. The number of rotatable bonds is 12. The second-order valence-electron chi connectivity index (χ2n) is 13.5. The van der Waals surface area contributed by atoms with Crippen LogP contribution in [0, 0.1) is 17.3 Å². The molecule has 4 aromatic rings. The maximum absolute atomic E-state index is 14.6. The standard InChI is InChI=1S/C38H48N4O/c1-29(2)35(37-39-34(31-17-11-7-12-18-31)27-42(37)26-30-15-9-6-10-16-30)33(36(43)32-19-13-8-14-20-32)25-38(3,4)28-41-23-21-40(5)22-24-41/h6-20,27,29,33,35H,21-26,28H2,1-5H3/t33-,35?/m1/s1. The molecule has 0 amide bonds. The monoisotopic (exact) mass is 576 g/mol. The van der Waals surface area contributed by atoms with Crippen molar-refractivity contribution in [2.75, 3.05) is 39.8 Å². The van der Waals surface area contributed by atoms with Gasteiger partial charge in [0.1, 0.15) is 5.82 Å². The number of Topliss-reactive ketones (excluding diaryl/α,β-unsaturated/α-hetero) is 1. The zero-order valence-electron chi connectivity index (χ0n) is 26.6. The van der Waals surface area contributed by atoms with E-state index < -0.39 is 0 Å². The number of nitrogens with zero attached hydrogens (tertiary/aromatic N) is 4. The molecule has 5 heteroatoms. The van der Waals surface area contributed by atoms with Gasteiger partial charge in [0.25, 0.3) is 0 Å². The van der Waals surface area contributed by atoms with Crippen molar-refractivity contribution in [3.8, 4) is 11.3 Å². The van der Waals surface area contributed by atoms with E-state index in [1.807, 2.05) is 36.4 Å². The highest BCUT2D eigenvalue weighted by molar-refractivity contribution is 5.98. The molecule has 2 atom stereocenters. The van der Waals surface area contributed by atoms with Crippen LogP contribution < -0.4 is 0 Å². The Morgan fingerprint density at radius 3 is 2.02 bits per heavy atom. The van der Waals surface area contributed by atoms with Crippen molar-refractivity contribution in [2.24, 2.45) is 17.3 Å². The molecular weight excluding hydrogens is 528 g/mol. The average Bonchev–Trinajstić information content (AvgIpc) is 3.41. The SMILES string of the molecule is CC(C)C(c1nc(-c2ccccc2)cn1Cc1ccccc1)[C@@H](CC(C)(C)CN1CCN(C)CC1)C(=O)c1ccccc1. The van der Waals surface area contributed by atoms with Crippen LogP contribution in [0.1, 0.15) is 61.8 Å². The molecule has 3 aromatic carbocycles. The topological polar surface area (TPSA) is 41.4 Å². The van der Waals surface area contributed by atoms with Crippen molar-refractivity contribution < 1.29 is 4.79 Å². The predicted molar refractivity (Wildman–Crippen MR) is 177 cm³/mol. The summed E-state index contributed by atoms with van der Waals surface area (Å²) in [6.45, 7) is 15.3. The van der Waals surface area contributed by atoms with Crippen LogP contribution in [0.4, 0.5) is 0 Å². The minimum Gasteiger partial charge on any atom is -0.330 e. The summed E-state index contributed by atoms with van der Waals surface area (Å²) >= 11 is 0. The second kappa shape index (κ2) is 13.8. The molecule has 1 fully saturated rings. The van der Waals surface area contributed by atoms with Gasteiger partial charge in [0.15, 0.2) is 5.78 Å². The Hall–Kier alpha value is -3.54. The minimum atomic E-state index is -0.203. The lowest BCUT2D eigenvalue weighted by Crippen LogP contribution is -2.48. The Labute approximate surface area is 258 Å². The fourth-order valence-electron chi connectivity index (χ4n) is 6.76. The van der Waals surface area contributed by atoms with Gasteiger partial charge in [-0.3, -0.25) is 4.79 Å². The highest BCUT2D eigenvalue weighted by Crippen LogP contribution is 2.42. The number of aromatic nitrogens is 2. The van der Waals surface area contributed by atoms with Crippen molar-refractivity contribution in [1.82, 2.24) is 19.4 Å². The van der Waals surface area contributed by atoms with E-state index in [4.69, 9.17) is 4.98 Å². The molecule has 1 saturated heterocycles. The highest BCUT2D eigenvalue weighted by Gasteiger charge is 2.40. The van der Waals surface area contributed by atoms with E-state index in [-0.39, 0.29) is 29.0 Å². The minimum absolute atomic E-state index is 0.0411. The molecule has 0 bridgehead atoms. The lowest BCUT2D eigenvalue weighted by molar-refractivity contribution is 0.0712. The van der Waals surface area contributed by atoms with Crippen LogP contribution in [0.25, 0.3) is 11.3 Å². The van der Waals surface area contributed by atoms with Crippen LogP contribution in [0.5, 0.6) is 0 Å². The second-order valence-corrected chi connectivity index (χ2v) is 13.5. The van der Waals surface area contributed by atoms with Crippen LogP contribution in [0.3, 0.4) is 0 Å². The number of carbonyl (C=O) groups excluding carboxylic acids is 1. The van der Waals surface area contributed by atoms with Gasteiger partial charge >= 0.3 is 0 Å². The Balaban J connectivity index is 1.56. The zero-order chi connectivity index (χ0) is 30.4. The van der Waals surface area contributed by atoms with Crippen molar-refractivity contribution >= 4 is 5.78 Å². The normalized spacial score (nSPS) is 16.3. The summed E-state index contributed by atoms with van der Waals surface area (Å²) in [5.74, 6) is 1.20. The molecule has 1 unspecified atom stereocenters. The van der Waals surface area contributed by atoms with Crippen molar-refractivity contribution in [2.45, 2.75) is 46.6 Å². The number of benzene rings is 3. The Bertz CT molecular complexity index is 1440. The molecule has 5 rings (SSSR count). The Morgan fingerprint density at radius 1 is 0.837 bits per heavy atom. The van der Waals surface area contributed by atoms with Crippen molar-refractivity contribution in [3.05, 3.63) is 114 Å². The van der Waals surface area contributed by atoms with E-state index in [9.17, 15) is 4.79 Å². The van der Waals surface area contributed by atoms with E-state index in [2.05, 4.69) is 110 Å². The van der Waals surface area contributed by atoms with Gasteiger partial charge < -0.3 is 14.4 Å². The summed E-state index contributed by atoms with van der Waals surface area (Å²) in [6, 6.07) is 30.9. The molecule has 226 valence electrons. The third-order valence-corrected chi connectivity index (χ3v) is 8.94. The predicted octanol–water partition coefficient (Wildman–Crippen LogP) is 7.50. The largest absolute Gasteiger partial charge is 0.330 e. The summed E-state index contributed by atoms with van der Waals surface area (Å²) in [4.78, 5) is 24.9. The van der Waals surface area contributed by atoms with Gasteiger partial charge in [-0.25, -0.2) is 4.98 Å². The molecule has 0 saturated carbocycles. The van der Waals surface area contributed by atoms with Gasteiger partial charge in [-0.1, -0.05) is 119 Å². The first kappa shape index (κ1) is 30.9. The molecule has 1 aliphatic heterocycles. The van der Waals surface area contributed by atoms with E-state index >= 15 is 0 Å². The maximum atomic E-state index is 14.6. The van der Waals surface area contributed by atoms with E-state index in [1.165, 1.54) is 5.56 Å². The zero-order valence-corrected chi connectivity index (χ0v) is 26.6. The molecule has 2 heterocycles. The number of carbonyl (C=O) groups is 1. The number of hydrogen-bond acceptors (Lipinski definition) is 4. The van der Waals surface area contributed by atoms with Gasteiger partial charge in [0.05, 0.1) is 5.69 Å². The molecule has 1 aliphatic rings. The Kier molecular flexibility index (Phi) is 9.94. The fourth-order valence-corrected chi connectivity index (χ4v) is 6.76. The molecule has 0 aliphatic carbocycles. The van der Waals surface area contributed by atoms with Crippen LogP contribution in [0.2, 0.25) is 0 Å². The van der Waals surface area contributed by atoms with Crippen LogP contribution in [-0.2, 0) is 6.54 Å². The van der Waals surface area contributed by atoms with Crippen molar-refractivity contribution in [1.29, 1.82) is 0 Å². The van der Waals surface area contributed by atoms with E-state index in [0.717, 1.165) is 68.3 Å². The number of likely N-dealkylation sites (N-methyl/N-ethyl adjacent to an activating group) is 1. The molecule has 1 aromatic heterocycles. The smallest absolute Gasteiger partial charge is 0.166 e. The third kappa shape index (κ3) is 7.90. The quantitative estimate of drug-likeness (QED) is 0.164. The summed E-state index contributed by atoms with van der Waals surface area (Å²) in [5.41, 5.74) is 4.03. The molecule has 0 spiro atoms. The highest BCUT2D eigenvalue weighted by atomic mass is 16.1. The number of piperazine rings is 1. The van der Waals surface area contributed by atoms with Crippen LogP contribution in [-0.4, -0.2) is 64.9 Å². The summed E-state index contributed by atoms with van der Waals surface area (Å²) in [5, 5.41) is 0. The van der Waals surface area contributed by atoms with Gasteiger partial charge in [-0.2, -0.15) is 0 Å². The summed E-state index contributed by atoms with van der Waals surface area (Å²) in [7, 11) is 2.20. The van der Waals surface area contributed by atoms with Gasteiger partial charge in [0.2, 0.25) is 0 Å². The number of hydrogen-bond donors (Lipinski definition) is 0. The molecule has 0 radical (unpaired) electrons. The van der Waals surface area contributed by atoms with Gasteiger partial charge in [-0.05, 0) is 30.4 Å². The van der Waals surface area contributed by atoms with Crippen molar-refractivity contribution in [3.63, 3.8) is 0 Å². The third-order valence-electron chi connectivity index (χ3n) is 8.94. The lowest BCUT2D eigenvalue weighted by Gasteiger charge is -2.40. The Morgan fingerprint density at radius 2 is 1.42 bits per heavy atom. The van der Waals surface area contributed by atoms with E-state index in [1.54, 1.807) is 0 Å². The first-order valence-electron chi connectivity index (χ1n) is 15.9. The summed E-state index contributed by atoms with van der Waals surface area (Å²) in [6.07, 6.45) is 2.99. The number of imidazole rings is 1. The molecule has 43 heavy (non-hydrogen) atoms. The first-order chi connectivity index (χ1) is 20.7.